The second-order valence-corrected chi connectivity index (χ2v) is 5.78. The molecule has 0 saturated carbocycles. The van der Waals surface area contributed by atoms with Gasteiger partial charge in [-0.25, -0.2) is 4.79 Å². The second kappa shape index (κ2) is 6.86. The number of aromatic carboxylic acids is 1. The van der Waals surface area contributed by atoms with Crippen LogP contribution < -0.4 is 0 Å². The Bertz CT molecular complexity index is 918. The van der Waals surface area contributed by atoms with Crippen LogP contribution in [0.2, 0.25) is 10.0 Å². The number of halogens is 2. The Morgan fingerprint density at radius 1 is 1.00 bits per heavy atom. The van der Waals surface area contributed by atoms with Gasteiger partial charge < -0.3 is 5.11 Å². The first-order valence-corrected chi connectivity index (χ1v) is 7.68. The summed E-state index contributed by atoms with van der Waals surface area (Å²) in [6, 6.07) is 13.2. The summed E-state index contributed by atoms with van der Waals surface area (Å²) >= 11 is 12.0. The van der Waals surface area contributed by atoms with Gasteiger partial charge in [0.05, 0.1) is 15.7 Å². The molecule has 0 aliphatic heterocycles. The summed E-state index contributed by atoms with van der Waals surface area (Å²) in [5, 5.41) is 19.6. The molecule has 0 unspecified atom stereocenters. The van der Waals surface area contributed by atoms with E-state index in [1.807, 2.05) is 36.4 Å². The van der Waals surface area contributed by atoms with Crippen LogP contribution in [-0.2, 0) is 0 Å². The van der Waals surface area contributed by atoms with Crippen LogP contribution in [0, 0.1) is 0 Å². The highest BCUT2D eigenvalue weighted by molar-refractivity contribution is 6.42. The van der Waals surface area contributed by atoms with Crippen molar-refractivity contribution in [2.24, 2.45) is 0 Å². The summed E-state index contributed by atoms with van der Waals surface area (Å²) in [6.07, 6.45) is 3.40. The van der Waals surface area contributed by atoms with Crippen LogP contribution >= 0.6 is 23.2 Å². The molecule has 0 radical (unpaired) electrons. The number of carboxylic acids is 1. The molecule has 2 N–H and O–H groups in total. The molecule has 0 aliphatic rings. The normalized spacial score (nSPS) is 11.1. The third-order valence-electron chi connectivity index (χ3n) is 3.38. The molecular weight excluding hydrogens is 349 g/mol. The number of carbonyl (C=O) groups is 1. The molecule has 7 heteroatoms. The molecule has 0 amide bonds. The zero-order valence-electron chi connectivity index (χ0n) is 12.2. The Morgan fingerprint density at radius 2 is 1.71 bits per heavy atom. The van der Waals surface area contributed by atoms with E-state index >= 15 is 0 Å². The average Bonchev–Trinajstić information content (AvgIpc) is 3.05. The molecule has 0 atom stereocenters. The molecule has 0 spiro atoms. The number of aromatic amines is 1. The van der Waals surface area contributed by atoms with E-state index in [0.717, 1.165) is 16.7 Å². The molecule has 5 nitrogen and oxygen atoms in total. The van der Waals surface area contributed by atoms with E-state index < -0.39 is 5.97 Å². The second-order valence-electron chi connectivity index (χ2n) is 4.96. The van der Waals surface area contributed by atoms with Gasteiger partial charge >= 0.3 is 5.97 Å². The fraction of sp³-hybridized carbons (Fsp3) is 0. The topological polar surface area (TPSA) is 78.9 Å². The minimum absolute atomic E-state index is 0.112. The van der Waals surface area contributed by atoms with Crippen LogP contribution in [-0.4, -0.2) is 26.5 Å². The predicted octanol–water partition coefficient (Wildman–Crippen LogP) is 4.65. The van der Waals surface area contributed by atoms with E-state index in [-0.39, 0.29) is 5.69 Å². The van der Waals surface area contributed by atoms with Crippen LogP contribution in [0.4, 0.5) is 0 Å². The molecule has 2 aromatic carbocycles. The first-order valence-electron chi connectivity index (χ1n) is 6.92. The number of hydrogen-bond donors (Lipinski definition) is 2. The number of hydrogen-bond acceptors (Lipinski definition) is 3. The summed E-state index contributed by atoms with van der Waals surface area (Å²) in [6.45, 7) is 0. The van der Waals surface area contributed by atoms with Gasteiger partial charge in [-0.05, 0) is 34.9 Å². The van der Waals surface area contributed by atoms with Crippen molar-refractivity contribution in [1.82, 2.24) is 15.4 Å². The largest absolute Gasteiger partial charge is 0.476 e. The highest BCUT2D eigenvalue weighted by Crippen LogP contribution is 2.28. The summed E-state index contributed by atoms with van der Waals surface area (Å²) in [5.41, 5.74) is 3.10. The fourth-order valence-electron chi connectivity index (χ4n) is 2.15. The quantitative estimate of drug-likeness (QED) is 0.710. The zero-order chi connectivity index (χ0) is 17.1. The van der Waals surface area contributed by atoms with Crippen LogP contribution in [0.15, 0.2) is 42.5 Å². The van der Waals surface area contributed by atoms with Crippen LogP contribution in [0.1, 0.15) is 21.7 Å². The summed E-state index contributed by atoms with van der Waals surface area (Å²) in [4.78, 5) is 11.0. The standard InChI is InChI=1S/C17H11Cl2N3O2/c18-13-7-6-12(9-14(13)19)11-4-1-10(2-5-11)3-8-15-16(17(23)24)21-22-20-15/h1-9H,(H,23,24)(H,20,21,22). The summed E-state index contributed by atoms with van der Waals surface area (Å²) < 4.78 is 0. The zero-order valence-corrected chi connectivity index (χ0v) is 13.7. The smallest absolute Gasteiger partial charge is 0.358 e. The van der Waals surface area contributed by atoms with E-state index in [2.05, 4.69) is 15.4 Å². The lowest BCUT2D eigenvalue weighted by Crippen LogP contribution is -1.98. The highest BCUT2D eigenvalue weighted by Gasteiger charge is 2.11. The van der Waals surface area contributed by atoms with Crippen molar-refractivity contribution in [3.8, 4) is 11.1 Å². The van der Waals surface area contributed by atoms with Crippen molar-refractivity contribution >= 4 is 41.3 Å². The van der Waals surface area contributed by atoms with Crippen LogP contribution in [0.3, 0.4) is 0 Å². The van der Waals surface area contributed by atoms with Crippen molar-refractivity contribution in [1.29, 1.82) is 0 Å². The number of H-pyrrole nitrogens is 1. The maximum absolute atomic E-state index is 11.0. The van der Waals surface area contributed by atoms with E-state index in [1.165, 1.54) is 0 Å². The lowest BCUT2D eigenvalue weighted by Gasteiger charge is -2.04. The van der Waals surface area contributed by atoms with Crippen molar-refractivity contribution in [2.75, 3.05) is 0 Å². The number of aromatic nitrogens is 3. The Hall–Kier alpha value is -2.63. The first-order chi connectivity index (χ1) is 11.5. The molecule has 1 heterocycles. The number of carboxylic acid groups (broad SMARTS) is 1. The number of rotatable bonds is 4. The number of nitrogens with one attached hydrogen (secondary N) is 1. The van der Waals surface area contributed by atoms with Gasteiger partial charge in [-0.2, -0.15) is 0 Å². The molecule has 0 fully saturated rings. The van der Waals surface area contributed by atoms with Gasteiger partial charge in [0, 0.05) is 0 Å². The third-order valence-corrected chi connectivity index (χ3v) is 4.12. The first kappa shape index (κ1) is 16.2. The number of benzene rings is 2. The molecule has 1 aromatic heterocycles. The van der Waals surface area contributed by atoms with Gasteiger partial charge in [0.2, 0.25) is 0 Å². The third kappa shape index (κ3) is 3.48. The Morgan fingerprint density at radius 3 is 2.38 bits per heavy atom. The minimum Gasteiger partial charge on any atom is -0.476 e. The van der Waals surface area contributed by atoms with Crippen LogP contribution in [0.25, 0.3) is 23.3 Å². The average molecular weight is 360 g/mol. The van der Waals surface area contributed by atoms with E-state index in [4.69, 9.17) is 28.3 Å². The Labute approximate surface area is 147 Å². The summed E-state index contributed by atoms with van der Waals surface area (Å²) in [5.74, 6) is -1.13. The minimum atomic E-state index is -1.13. The highest BCUT2D eigenvalue weighted by atomic mass is 35.5. The summed E-state index contributed by atoms with van der Waals surface area (Å²) in [7, 11) is 0. The molecular formula is C17H11Cl2N3O2. The van der Waals surface area contributed by atoms with Gasteiger partial charge in [-0.15, -0.1) is 5.10 Å². The molecule has 3 rings (SSSR count). The van der Waals surface area contributed by atoms with Gasteiger partial charge in [0.1, 0.15) is 0 Å². The van der Waals surface area contributed by atoms with Crippen molar-refractivity contribution < 1.29 is 9.90 Å². The van der Waals surface area contributed by atoms with Crippen molar-refractivity contribution in [2.45, 2.75) is 0 Å². The number of nitrogens with zero attached hydrogens (tertiary/aromatic N) is 2. The molecule has 3 aromatic rings. The van der Waals surface area contributed by atoms with E-state index in [1.54, 1.807) is 18.2 Å². The molecule has 24 heavy (non-hydrogen) atoms. The van der Waals surface area contributed by atoms with Gasteiger partial charge in [0.25, 0.3) is 0 Å². The Kier molecular flexibility index (Phi) is 4.64. The van der Waals surface area contributed by atoms with Crippen molar-refractivity contribution in [3.63, 3.8) is 0 Å². The molecule has 120 valence electrons. The fourth-order valence-corrected chi connectivity index (χ4v) is 2.45. The maximum Gasteiger partial charge on any atom is 0.358 e. The van der Waals surface area contributed by atoms with Gasteiger partial charge in [-0.1, -0.05) is 64.8 Å². The van der Waals surface area contributed by atoms with E-state index in [9.17, 15) is 4.79 Å². The SMILES string of the molecule is O=C(O)c1nn[nH]c1C=Cc1ccc(-c2ccc(Cl)c(Cl)c2)cc1. The van der Waals surface area contributed by atoms with Gasteiger partial charge in [-0.3, -0.25) is 5.10 Å². The van der Waals surface area contributed by atoms with Gasteiger partial charge in [0.15, 0.2) is 5.69 Å². The Balaban J connectivity index is 1.81. The lowest BCUT2D eigenvalue weighted by atomic mass is 10.0. The molecule has 0 aliphatic carbocycles. The lowest BCUT2D eigenvalue weighted by molar-refractivity contribution is 0.0690. The van der Waals surface area contributed by atoms with E-state index in [0.29, 0.717) is 15.7 Å². The van der Waals surface area contributed by atoms with Crippen LogP contribution in [0.5, 0.6) is 0 Å². The predicted molar refractivity (Wildman–Crippen MR) is 94.2 cm³/mol. The molecule has 0 bridgehead atoms. The molecule has 0 saturated heterocycles. The van der Waals surface area contributed by atoms with Crippen molar-refractivity contribution in [3.05, 3.63) is 69.5 Å². The maximum atomic E-state index is 11.0. The monoisotopic (exact) mass is 359 g/mol.